The number of aliphatic carboxylic acids is 1. The smallest absolute Gasteiger partial charge is 0.303 e. The van der Waals surface area contributed by atoms with E-state index >= 15 is 0 Å². The van der Waals surface area contributed by atoms with Gasteiger partial charge in [-0.15, -0.1) is 0 Å². The molecular formula is C14H23N3O3. The Morgan fingerprint density at radius 3 is 2.50 bits per heavy atom. The van der Waals surface area contributed by atoms with Gasteiger partial charge in [-0.25, -0.2) is 0 Å². The van der Waals surface area contributed by atoms with Crippen LogP contribution in [0.5, 0.6) is 0 Å². The Bertz CT molecular complexity index is 455. The van der Waals surface area contributed by atoms with Crippen molar-refractivity contribution in [1.29, 1.82) is 0 Å². The van der Waals surface area contributed by atoms with Crippen molar-refractivity contribution < 1.29 is 14.7 Å². The van der Waals surface area contributed by atoms with Crippen LogP contribution in [0.4, 0.5) is 0 Å². The van der Waals surface area contributed by atoms with Crippen LogP contribution in [0.1, 0.15) is 54.6 Å². The lowest BCUT2D eigenvalue weighted by Crippen LogP contribution is -2.24. The molecule has 0 radical (unpaired) electrons. The van der Waals surface area contributed by atoms with Gasteiger partial charge in [0.05, 0.1) is 11.3 Å². The molecule has 1 aromatic heterocycles. The van der Waals surface area contributed by atoms with Crippen molar-refractivity contribution in [3.05, 3.63) is 17.5 Å². The number of hydrogen-bond acceptors (Lipinski definition) is 3. The zero-order chi connectivity index (χ0) is 15.0. The first-order chi connectivity index (χ1) is 9.50. The molecule has 6 nitrogen and oxygen atoms in total. The standard InChI is InChI=1S/C14H23N3O3/c1-11-12(10-17(2)16-11)14(20)15-9-7-5-3-4-6-8-13(18)19/h10H,3-9H2,1-2H3,(H,15,20)(H,18,19). The summed E-state index contributed by atoms with van der Waals surface area (Å²) in [5.74, 6) is -0.814. The Balaban J connectivity index is 2.08. The quantitative estimate of drug-likeness (QED) is 0.677. The fourth-order valence-electron chi connectivity index (χ4n) is 2.05. The van der Waals surface area contributed by atoms with Gasteiger partial charge in [-0.3, -0.25) is 14.3 Å². The van der Waals surface area contributed by atoms with Crippen LogP contribution in [0.2, 0.25) is 0 Å². The van der Waals surface area contributed by atoms with Gasteiger partial charge in [0.2, 0.25) is 0 Å². The fourth-order valence-corrected chi connectivity index (χ4v) is 2.05. The zero-order valence-electron chi connectivity index (χ0n) is 12.2. The molecule has 0 atom stereocenters. The van der Waals surface area contributed by atoms with Gasteiger partial charge in [0.25, 0.3) is 5.91 Å². The first-order valence-electron chi connectivity index (χ1n) is 7.01. The van der Waals surface area contributed by atoms with E-state index in [2.05, 4.69) is 10.4 Å². The first kappa shape index (κ1) is 16.2. The van der Waals surface area contributed by atoms with Crippen LogP contribution >= 0.6 is 0 Å². The van der Waals surface area contributed by atoms with Crippen molar-refractivity contribution in [2.45, 2.75) is 45.4 Å². The highest BCUT2D eigenvalue weighted by Gasteiger charge is 2.11. The van der Waals surface area contributed by atoms with Crippen molar-refractivity contribution >= 4 is 11.9 Å². The molecule has 0 aliphatic carbocycles. The summed E-state index contributed by atoms with van der Waals surface area (Å²) in [4.78, 5) is 22.2. The minimum Gasteiger partial charge on any atom is -0.481 e. The molecule has 0 fully saturated rings. The number of carboxylic acids is 1. The van der Waals surface area contributed by atoms with Gasteiger partial charge in [0.15, 0.2) is 0 Å². The summed E-state index contributed by atoms with van der Waals surface area (Å²) in [5.41, 5.74) is 1.35. The lowest BCUT2D eigenvalue weighted by Gasteiger charge is -2.04. The van der Waals surface area contributed by atoms with Gasteiger partial charge < -0.3 is 10.4 Å². The van der Waals surface area contributed by atoms with E-state index in [1.165, 1.54) is 0 Å². The molecule has 1 rings (SSSR count). The maximum Gasteiger partial charge on any atom is 0.303 e. The number of nitrogens with one attached hydrogen (secondary N) is 1. The van der Waals surface area contributed by atoms with E-state index < -0.39 is 5.97 Å². The van der Waals surface area contributed by atoms with Gasteiger partial charge in [-0.05, 0) is 19.8 Å². The molecule has 6 heteroatoms. The third-order valence-corrected chi connectivity index (χ3v) is 3.11. The van der Waals surface area contributed by atoms with Crippen molar-refractivity contribution in [1.82, 2.24) is 15.1 Å². The van der Waals surface area contributed by atoms with E-state index in [-0.39, 0.29) is 12.3 Å². The van der Waals surface area contributed by atoms with E-state index in [1.54, 1.807) is 17.9 Å². The number of carbonyl (C=O) groups excluding carboxylic acids is 1. The third kappa shape index (κ3) is 5.86. The summed E-state index contributed by atoms with van der Waals surface area (Å²) in [6.07, 6.45) is 6.56. The normalized spacial score (nSPS) is 10.5. The summed E-state index contributed by atoms with van der Waals surface area (Å²) < 4.78 is 1.63. The lowest BCUT2D eigenvalue weighted by molar-refractivity contribution is -0.137. The molecule has 2 N–H and O–H groups in total. The molecule has 0 saturated carbocycles. The molecule has 0 bridgehead atoms. The summed E-state index contributed by atoms with van der Waals surface area (Å²) >= 11 is 0. The first-order valence-corrected chi connectivity index (χ1v) is 7.01. The van der Waals surface area contributed by atoms with Gasteiger partial charge in [0, 0.05) is 26.2 Å². The highest BCUT2D eigenvalue weighted by atomic mass is 16.4. The summed E-state index contributed by atoms with van der Waals surface area (Å²) in [6.45, 7) is 2.46. The van der Waals surface area contributed by atoms with Crippen LogP contribution in [-0.4, -0.2) is 33.3 Å². The maximum atomic E-state index is 11.9. The van der Waals surface area contributed by atoms with E-state index in [0.29, 0.717) is 12.1 Å². The van der Waals surface area contributed by atoms with Crippen LogP contribution in [0, 0.1) is 6.92 Å². The molecule has 0 saturated heterocycles. The second kappa shape index (κ2) is 8.35. The molecule has 0 aliphatic rings. The zero-order valence-corrected chi connectivity index (χ0v) is 12.2. The molecule has 0 aliphatic heterocycles. The number of rotatable bonds is 9. The minimum absolute atomic E-state index is 0.0820. The van der Waals surface area contributed by atoms with E-state index in [0.717, 1.165) is 37.8 Å². The fraction of sp³-hybridized carbons (Fsp3) is 0.643. The molecule has 1 aromatic rings. The van der Waals surface area contributed by atoms with E-state index in [9.17, 15) is 9.59 Å². The van der Waals surface area contributed by atoms with Crippen molar-refractivity contribution in [3.63, 3.8) is 0 Å². The van der Waals surface area contributed by atoms with Crippen molar-refractivity contribution in [3.8, 4) is 0 Å². The molecule has 0 spiro atoms. The number of amides is 1. The van der Waals surface area contributed by atoms with Crippen molar-refractivity contribution in [2.75, 3.05) is 6.54 Å². The Kier molecular flexibility index (Phi) is 6.76. The molecule has 20 heavy (non-hydrogen) atoms. The highest BCUT2D eigenvalue weighted by Crippen LogP contribution is 2.06. The van der Waals surface area contributed by atoms with Gasteiger partial charge in [0.1, 0.15) is 0 Å². The summed E-state index contributed by atoms with van der Waals surface area (Å²) in [6, 6.07) is 0. The molecule has 1 amide bonds. The molecule has 0 unspecified atom stereocenters. The van der Waals surface area contributed by atoms with E-state index in [1.807, 2.05) is 6.92 Å². The number of hydrogen-bond donors (Lipinski definition) is 2. The van der Waals surface area contributed by atoms with Crippen LogP contribution in [-0.2, 0) is 11.8 Å². The van der Waals surface area contributed by atoms with Gasteiger partial charge in [-0.1, -0.05) is 19.3 Å². The highest BCUT2D eigenvalue weighted by molar-refractivity contribution is 5.94. The largest absolute Gasteiger partial charge is 0.481 e. The predicted molar refractivity (Wildman–Crippen MR) is 75.6 cm³/mol. The second-order valence-corrected chi connectivity index (χ2v) is 4.97. The van der Waals surface area contributed by atoms with Gasteiger partial charge in [-0.2, -0.15) is 5.10 Å². The molecule has 112 valence electrons. The average Bonchev–Trinajstić information content (AvgIpc) is 2.71. The number of aryl methyl sites for hydroxylation is 2. The van der Waals surface area contributed by atoms with Crippen LogP contribution in [0.15, 0.2) is 6.20 Å². The van der Waals surface area contributed by atoms with Crippen LogP contribution in [0.25, 0.3) is 0 Å². The Labute approximate surface area is 119 Å². The van der Waals surface area contributed by atoms with Crippen molar-refractivity contribution in [2.24, 2.45) is 7.05 Å². The maximum absolute atomic E-state index is 11.9. The number of carbonyl (C=O) groups is 2. The summed E-state index contributed by atoms with van der Waals surface area (Å²) in [5, 5.41) is 15.5. The molecule has 1 heterocycles. The number of unbranched alkanes of at least 4 members (excludes halogenated alkanes) is 4. The predicted octanol–water partition coefficient (Wildman–Crippen LogP) is 1.88. The van der Waals surface area contributed by atoms with E-state index in [4.69, 9.17) is 5.11 Å². The lowest BCUT2D eigenvalue weighted by atomic mass is 10.1. The third-order valence-electron chi connectivity index (χ3n) is 3.11. The molecular weight excluding hydrogens is 258 g/mol. The van der Waals surface area contributed by atoms with Crippen LogP contribution < -0.4 is 5.32 Å². The Morgan fingerprint density at radius 1 is 1.25 bits per heavy atom. The second-order valence-electron chi connectivity index (χ2n) is 4.97. The monoisotopic (exact) mass is 281 g/mol. The SMILES string of the molecule is Cc1nn(C)cc1C(=O)NCCCCCCCC(=O)O. The summed E-state index contributed by atoms with van der Waals surface area (Å²) in [7, 11) is 1.79. The van der Waals surface area contributed by atoms with Crippen LogP contribution in [0.3, 0.4) is 0 Å². The van der Waals surface area contributed by atoms with Gasteiger partial charge >= 0.3 is 5.97 Å². The average molecular weight is 281 g/mol. The Morgan fingerprint density at radius 2 is 1.90 bits per heavy atom. The number of nitrogens with zero attached hydrogens (tertiary/aromatic N) is 2. The topological polar surface area (TPSA) is 84.2 Å². The minimum atomic E-state index is -0.732. The number of carboxylic acid groups (broad SMARTS) is 1. The Hall–Kier alpha value is -1.85. The molecule has 0 aromatic carbocycles. The number of aromatic nitrogens is 2.